The van der Waals surface area contributed by atoms with Crippen LogP contribution in [0.15, 0.2) is 75.9 Å². The molecule has 0 fully saturated rings. The Hall–Kier alpha value is -3.70. The topological polar surface area (TPSA) is 73.6 Å². The maximum absolute atomic E-state index is 12.9. The molecule has 0 bridgehead atoms. The Kier molecular flexibility index (Phi) is 5.93. The maximum atomic E-state index is 12.9. The smallest absolute Gasteiger partial charge is 0.339 e. The average Bonchev–Trinajstić information content (AvgIpc) is 2.80. The van der Waals surface area contributed by atoms with Crippen LogP contribution in [0.3, 0.4) is 0 Å². The Morgan fingerprint density at radius 2 is 1.62 bits per heavy atom. The van der Waals surface area contributed by atoms with E-state index < -0.39 is 11.6 Å². The van der Waals surface area contributed by atoms with E-state index in [4.69, 9.17) is 20.8 Å². The highest BCUT2D eigenvalue weighted by Crippen LogP contribution is 2.24. The molecule has 4 aromatic rings. The Balaban J connectivity index is 1.63. The van der Waals surface area contributed by atoms with Crippen molar-refractivity contribution in [2.24, 2.45) is 0 Å². The van der Waals surface area contributed by atoms with E-state index in [0.29, 0.717) is 27.1 Å². The van der Waals surface area contributed by atoms with Gasteiger partial charge in [0.1, 0.15) is 12.2 Å². The predicted octanol–water partition coefficient (Wildman–Crippen LogP) is 5.65. The lowest BCUT2D eigenvalue weighted by atomic mass is 9.98. The van der Waals surface area contributed by atoms with Crippen molar-refractivity contribution in [3.8, 4) is 0 Å². The van der Waals surface area contributed by atoms with Crippen LogP contribution in [0.4, 0.5) is 0 Å². The highest BCUT2D eigenvalue weighted by molar-refractivity contribution is 6.30. The highest BCUT2D eigenvalue weighted by atomic mass is 35.5. The fourth-order valence-electron chi connectivity index (χ4n) is 3.48. The molecule has 0 radical (unpaired) electrons. The fraction of sp³-hybridized carbons (Fsp3) is 0.115. The molecule has 0 saturated carbocycles. The Morgan fingerprint density at radius 1 is 0.938 bits per heavy atom. The quantitative estimate of drug-likeness (QED) is 0.225. The summed E-state index contributed by atoms with van der Waals surface area (Å²) in [6, 6.07) is 18.0. The molecule has 0 aliphatic rings. The summed E-state index contributed by atoms with van der Waals surface area (Å²) in [7, 11) is 0. The molecular formula is C26H19ClO5. The number of esters is 1. The molecule has 0 atom stereocenters. The summed E-state index contributed by atoms with van der Waals surface area (Å²) in [5, 5.41) is 1.21. The lowest BCUT2D eigenvalue weighted by Crippen LogP contribution is -2.13. The van der Waals surface area contributed by atoms with Gasteiger partial charge >= 0.3 is 11.6 Å². The summed E-state index contributed by atoms with van der Waals surface area (Å²) in [6.45, 7) is 3.66. The number of fused-ring (bicyclic) bond motifs is 1. The van der Waals surface area contributed by atoms with Crippen LogP contribution in [0.1, 0.15) is 43.0 Å². The second-order valence-corrected chi connectivity index (χ2v) is 7.87. The third kappa shape index (κ3) is 4.20. The second-order valence-electron chi connectivity index (χ2n) is 7.43. The van der Waals surface area contributed by atoms with E-state index in [-0.39, 0.29) is 23.5 Å². The maximum Gasteiger partial charge on any atom is 0.339 e. The van der Waals surface area contributed by atoms with Crippen molar-refractivity contribution in [3.05, 3.63) is 116 Å². The van der Waals surface area contributed by atoms with Crippen LogP contribution in [-0.4, -0.2) is 11.8 Å². The number of ether oxygens (including phenoxy) is 1. The minimum absolute atomic E-state index is 0.132. The zero-order valence-electron chi connectivity index (χ0n) is 17.5. The highest BCUT2D eigenvalue weighted by Gasteiger charge is 2.20. The van der Waals surface area contributed by atoms with E-state index in [1.54, 1.807) is 42.5 Å². The normalized spacial score (nSPS) is 10.8. The number of hydrogen-bond acceptors (Lipinski definition) is 5. The summed E-state index contributed by atoms with van der Waals surface area (Å²) in [5.41, 5.74) is 3.12. The molecule has 0 amide bonds. The fourth-order valence-corrected chi connectivity index (χ4v) is 3.61. The molecule has 160 valence electrons. The zero-order valence-corrected chi connectivity index (χ0v) is 18.2. The Bertz CT molecular complexity index is 1400. The van der Waals surface area contributed by atoms with Crippen LogP contribution in [0.5, 0.6) is 0 Å². The predicted molar refractivity (Wildman–Crippen MR) is 122 cm³/mol. The van der Waals surface area contributed by atoms with Crippen LogP contribution < -0.4 is 5.63 Å². The summed E-state index contributed by atoms with van der Waals surface area (Å²) in [5.74, 6) is -0.973. The number of aryl methyl sites for hydroxylation is 2. The summed E-state index contributed by atoms with van der Waals surface area (Å²) >= 11 is 5.90. The van der Waals surface area contributed by atoms with Gasteiger partial charge in [-0.25, -0.2) is 9.59 Å². The molecule has 32 heavy (non-hydrogen) atoms. The first-order valence-corrected chi connectivity index (χ1v) is 10.3. The lowest BCUT2D eigenvalue weighted by molar-refractivity contribution is 0.0471. The minimum atomic E-state index is -0.659. The van der Waals surface area contributed by atoms with Gasteiger partial charge in [0, 0.05) is 33.2 Å². The van der Waals surface area contributed by atoms with Gasteiger partial charge < -0.3 is 9.15 Å². The van der Waals surface area contributed by atoms with Gasteiger partial charge in [0.05, 0.1) is 5.56 Å². The molecule has 3 aromatic carbocycles. The van der Waals surface area contributed by atoms with E-state index in [0.717, 1.165) is 11.1 Å². The van der Waals surface area contributed by atoms with Crippen LogP contribution in [0.2, 0.25) is 5.02 Å². The van der Waals surface area contributed by atoms with E-state index in [1.807, 2.05) is 26.0 Å². The first kappa shape index (κ1) is 21.5. The number of benzene rings is 3. The van der Waals surface area contributed by atoms with Gasteiger partial charge in [0.15, 0.2) is 5.78 Å². The summed E-state index contributed by atoms with van der Waals surface area (Å²) in [6.07, 6.45) is 0. The van der Waals surface area contributed by atoms with Gasteiger partial charge in [0.2, 0.25) is 0 Å². The third-order valence-corrected chi connectivity index (χ3v) is 5.63. The number of carbonyl (C=O) groups is 2. The van der Waals surface area contributed by atoms with Crippen molar-refractivity contribution in [1.82, 2.24) is 0 Å². The molecule has 0 spiro atoms. The largest absolute Gasteiger partial charge is 0.457 e. The molecule has 0 aliphatic heterocycles. The second kappa shape index (κ2) is 8.81. The van der Waals surface area contributed by atoms with Crippen molar-refractivity contribution < 1.29 is 18.7 Å². The molecular weight excluding hydrogens is 428 g/mol. The first-order chi connectivity index (χ1) is 15.3. The van der Waals surface area contributed by atoms with E-state index >= 15 is 0 Å². The van der Waals surface area contributed by atoms with Crippen LogP contribution >= 0.6 is 11.6 Å². The summed E-state index contributed by atoms with van der Waals surface area (Å²) < 4.78 is 10.9. The van der Waals surface area contributed by atoms with Crippen molar-refractivity contribution >= 4 is 34.3 Å². The molecule has 0 aliphatic carbocycles. The van der Waals surface area contributed by atoms with Gasteiger partial charge in [0.25, 0.3) is 0 Å². The van der Waals surface area contributed by atoms with Crippen molar-refractivity contribution in [1.29, 1.82) is 0 Å². The van der Waals surface area contributed by atoms with Gasteiger partial charge in [-0.15, -0.1) is 0 Å². The lowest BCUT2D eigenvalue weighted by Gasteiger charge is -2.11. The third-order valence-electron chi connectivity index (χ3n) is 5.37. The first-order valence-electron chi connectivity index (χ1n) is 9.94. The Morgan fingerprint density at radius 3 is 2.34 bits per heavy atom. The van der Waals surface area contributed by atoms with Gasteiger partial charge in [-0.1, -0.05) is 41.9 Å². The molecule has 0 N–H and O–H groups in total. The van der Waals surface area contributed by atoms with Crippen LogP contribution in [-0.2, 0) is 11.3 Å². The van der Waals surface area contributed by atoms with Gasteiger partial charge in [-0.3, -0.25) is 4.79 Å². The average molecular weight is 447 g/mol. The monoisotopic (exact) mass is 446 g/mol. The number of ketones is 1. The zero-order chi connectivity index (χ0) is 22.8. The van der Waals surface area contributed by atoms with E-state index in [1.165, 1.54) is 12.1 Å². The standard InChI is InChI=1S/C26H19ClO5/c1-15-7-12-20-18(13-23(28)32-25(20)16(15)2)14-31-26(30)22-6-4-3-5-21(22)24(29)17-8-10-19(27)11-9-17/h3-13H,14H2,1-2H3. The number of carbonyl (C=O) groups excluding carboxylic acids is 2. The van der Waals surface area contributed by atoms with Crippen LogP contribution in [0, 0.1) is 13.8 Å². The van der Waals surface area contributed by atoms with E-state index in [9.17, 15) is 14.4 Å². The minimum Gasteiger partial charge on any atom is -0.457 e. The molecule has 1 heterocycles. The van der Waals surface area contributed by atoms with Crippen molar-refractivity contribution in [2.75, 3.05) is 0 Å². The Labute approximate surface area is 189 Å². The molecule has 5 nitrogen and oxygen atoms in total. The van der Waals surface area contributed by atoms with Crippen LogP contribution in [0.25, 0.3) is 11.0 Å². The summed E-state index contributed by atoms with van der Waals surface area (Å²) in [4.78, 5) is 37.9. The van der Waals surface area contributed by atoms with Crippen molar-refractivity contribution in [2.45, 2.75) is 20.5 Å². The molecule has 4 rings (SSSR count). The number of halogens is 1. The molecule has 0 unspecified atom stereocenters. The number of rotatable bonds is 5. The molecule has 6 heteroatoms. The van der Waals surface area contributed by atoms with Gasteiger partial charge in [-0.2, -0.15) is 0 Å². The van der Waals surface area contributed by atoms with Crippen molar-refractivity contribution in [3.63, 3.8) is 0 Å². The SMILES string of the molecule is Cc1ccc2c(COC(=O)c3ccccc3C(=O)c3ccc(Cl)cc3)cc(=O)oc2c1C. The number of hydrogen-bond donors (Lipinski definition) is 0. The van der Waals surface area contributed by atoms with E-state index in [2.05, 4.69) is 0 Å². The molecule has 1 aromatic heterocycles. The molecule has 0 saturated heterocycles. The van der Waals surface area contributed by atoms with Gasteiger partial charge in [-0.05, 0) is 55.3 Å².